The third-order valence-corrected chi connectivity index (χ3v) is 2.91. The predicted molar refractivity (Wildman–Crippen MR) is 73.2 cm³/mol. The highest BCUT2D eigenvalue weighted by Crippen LogP contribution is 2.33. The normalized spacial score (nSPS) is 10.7. The van der Waals surface area contributed by atoms with E-state index in [0.717, 1.165) is 18.2 Å². The highest BCUT2D eigenvalue weighted by atomic mass is 16.5. The van der Waals surface area contributed by atoms with Crippen LogP contribution in [0, 0.1) is 0 Å². The van der Waals surface area contributed by atoms with Crippen LogP contribution >= 0.6 is 0 Å². The van der Waals surface area contributed by atoms with Gasteiger partial charge in [0.05, 0.1) is 19.1 Å². The lowest BCUT2D eigenvalue weighted by atomic mass is 10.2. The van der Waals surface area contributed by atoms with Crippen molar-refractivity contribution in [1.82, 2.24) is 0 Å². The van der Waals surface area contributed by atoms with Crippen LogP contribution in [0.5, 0.6) is 11.5 Å². The Bertz CT molecular complexity index is 583. The molecule has 0 aliphatic carbocycles. The van der Waals surface area contributed by atoms with E-state index in [-0.39, 0.29) is 5.78 Å². The lowest BCUT2D eigenvalue weighted by Gasteiger charge is -2.08. The number of ether oxygens (including phenoxy) is 2. The topological polar surface area (TPSA) is 48.7 Å². The lowest BCUT2D eigenvalue weighted by molar-refractivity contribution is 0.0989. The van der Waals surface area contributed by atoms with Crippen molar-refractivity contribution < 1.29 is 18.7 Å². The summed E-state index contributed by atoms with van der Waals surface area (Å²) in [4.78, 5) is 11.4. The van der Waals surface area contributed by atoms with Crippen molar-refractivity contribution in [3.63, 3.8) is 0 Å². The number of carbonyl (C=O) groups is 1. The number of hydrogen-bond acceptors (Lipinski definition) is 4. The maximum Gasteiger partial charge on any atom is 0.194 e. The zero-order valence-corrected chi connectivity index (χ0v) is 11.5. The van der Waals surface area contributed by atoms with Crippen LogP contribution in [0.3, 0.4) is 0 Å². The number of unbranched alkanes of at least 4 members (excludes halogenated alkanes) is 1. The van der Waals surface area contributed by atoms with Gasteiger partial charge >= 0.3 is 0 Å². The third-order valence-electron chi connectivity index (χ3n) is 2.91. The number of Topliss-reactive ketones (excluding diaryl/α,β-unsaturated/α-hetero) is 1. The van der Waals surface area contributed by atoms with Crippen LogP contribution in [0.2, 0.25) is 0 Å². The molecule has 0 amide bonds. The van der Waals surface area contributed by atoms with E-state index in [2.05, 4.69) is 6.92 Å². The highest BCUT2D eigenvalue weighted by molar-refractivity contribution is 5.98. The molecule has 1 heterocycles. The Hall–Kier alpha value is -1.97. The van der Waals surface area contributed by atoms with Crippen molar-refractivity contribution in [2.24, 2.45) is 0 Å². The van der Waals surface area contributed by atoms with Gasteiger partial charge in [0.15, 0.2) is 11.5 Å². The first-order valence-electron chi connectivity index (χ1n) is 6.41. The molecule has 2 rings (SSSR count). The second-order valence-corrected chi connectivity index (χ2v) is 4.41. The van der Waals surface area contributed by atoms with Crippen LogP contribution in [0.1, 0.15) is 37.2 Å². The Morgan fingerprint density at radius 2 is 2.11 bits per heavy atom. The van der Waals surface area contributed by atoms with Gasteiger partial charge in [0.25, 0.3) is 0 Å². The molecule has 0 spiro atoms. The summed E-state index contributed by atoms with van der Waals surface area (Å²) >= 11 is 0. The Morgan fingerprint density at radius 3 is 2.74 bits per heavy atom. The maximum absolute atomic E-state index is 11.4. The van der Waals surface area contributed by atoms with E-state index in [4.69, 9.17) is 13.9 Å². The van der Waals surface area contributed by atoms with Gasteiger partial charge in [-0.3, -0.25) is 4.79 Å². The van der Waals surface area contributed by atoms with Crippen molar-refractivity contribution in [2.75, 3.05) is 13.7 Å². The molecule has 102 valence electrons. The molecule has 2 aromatic rings. The zero-order valence-electron chi connectivity index (χ0n) is 11.5. The minimum absolute atomic E-state index is 0.102. The quantitative estimate of drug-likeness (QED) is 0.586. The van der Waals surface area contributed by atoms with Crippen molar-refractivity contribution in [2.45, 2.75) is 26.7 Å². The highest BCUT2D eigenvalue weighted by Gasteiger charge is 2.14. The molecular weight excluding hydrogens is 244 g/mol. The number of hydrogen-bond donors (Lipinski definition) is 0. The summed E-state index contributed by atoms with van der Waals surface area (Å²) in [6.07, 6.45) is 2.05. The van der Waals surface area contributed by atoms with Gasteiger partial charge in [-0.1, -0.05) is 13.3 Å². The number of methoxy groups -OCH3 is 1. The molecule has 0 bridgehead atoms. The molecule has 4 heteroatoms. The van der Waals surface area contributed by atoms with Gasteiger partial charge < -0.3 is 13.9 Å². The second kappa shape index (κ2) is 5.78. The number of benzene rings is 1. The molecule has 1 aromatic carbocycles. The van der Waals surface area contributed by atoms with Crippen molar-refractivity contribution in [1.29, 1.82) is 0 Å². The van der Waals surface area contributed by atoms with E-state index in [0.29, 0.717) is 29.4 Å². The average molecular weight is 262 g/mol. The largest absolute Gasteiger partial charge is 0.496 e. The van der Waals surface area contributed by atoms with Crippen LogP contribution < -0.4 is 9.47 Å². The SMILES string of the molecule is CCCCOc1cc(OC)cc2oc(C(C)=O)cc12. The molecule has 19 heavy (non-hydrogen) atoms. The van der Waals surface area contributed by atoms with Crippen LogP contribution in [0.15, 0.2) is 22.6 Å². The smallest absolute Gasteiger partial charge is 0.194 e. The van der Waals surface area contributed by atoms with E-state index < -0.39 is 0 Å². The molecule has 0 atom stereocenters. The van der Waals surface area contributed by atoms with E-state index in [9.17, 15) is 4.79 Å². The number of furan rings is 1. The molecule has 0 unspecified atom stereocenters. The minimum atomic E-state index is -0.102. The number of ketones is 1. The van der Waals surface area contributed by atoms with Gasteiger partial charge in [0.2, 0.25) is 0 Å². The first kappa shape index (κ1) is 13.5. The summed E-state index contributed by atoms with van der Waals surface area (Å²) in [5.74, 6) is 1.58. The van der Waals surface area contributed by atoms with Gasteiger partial charge in [-0.05, 0) is 12.5 Å². The molecule has 0 N–H and O–H groups in total. The number of rotatable bonds is 6. The monoisotopic (exact) mass is 262 g/mol. The van der Waals surface area contributed by atoms with E-state index in [1.54, 1.807) is 19.2 Å². The van der Waals surface area contributed by atoms with Gasteiger partial charge in [-0.2, -0.15) is 0 Å². The minimum Gasteiger partial charge on any atom is -0.496 e. The van der Waals surface area contributed by atoms with Gasteiger partial charge in [0, 0.05) is 19.1 Å². The van der Waals surface area contributed by atoms with Crippen LogP contribution in [0.25, 0.3) is 11.0 Å². The lowest BCUT2D eigenvalue weighted by Crippen LogP contribution is -1.97. The van der Waals surface area contributed by atoms with E-state index in [1.807, 2.05) is 6.07 Å². The molecule has 0 saturated carbocycles. The average Bonchev–Trinajstić information content (AvgIpc) is 2.83. The molecule has 4 nitrogen and oxygen atoms in total. The molecule has 0 radical (unpaired) electrons. The maximum atomic E-state index is 11.4. The van der Waals surface area contributed by atoms with E-state index >= 15 is 0 Å². The van der Waals surface area contributed by atoms with Crippen LogP contribution in [0.4, 0.5) is 0 Å². The van der Waals surface area contributed by atoms with Gasteiger partial charge in [0.1, 0.15) is 17.1 Å². The standard InChI is InChI=1S/C15H18O4/c1-4-5-6-18-14-7-11(17-3)8-15-12(14)9-13(19-15)10(2)16/h7-9H,4-6H2,1-3H3. The van der Waals surface area contributed by atoms with Gasteiger partial charge in [-0.25, -0.2) is 0 Å². The Morgan fingerprint density at radius 1 is 1.32 bits per heavy atom. The zero-order chi connectivity index (χ0) is 13.8. The fourth-order valence-electron chi connectivity index (χ4n) is 1.82. The molecule has 1 aromatic heterocycles. The van der Waals surface area contributed by atoms with Crippen molar-refractivity contribution in [3.05, 3.63) is 24.0 Å². The molecular formula is C15H18O4. The van der Waals surface area contributed by atoms with Gasteiger partial charge in [-0.15, -0.1) is 0 Å². The van der Waals surface area contributed by atoms with E-state index in [1.165, 1.54) is 6.92 Å². The summed E-state index contributed by atoms with van der Waals surface area (Å²) in [6, 6.07) is 5.30. The summed E-state index contributed by atoms with van der Waals surface area (Å²) in [6.45, 7) is 4.22. The number of carbonyl (C=O) groups excluding carboxylic acids is 1. The third kappa shape index (κ3) is 2.89. The first-order chi connectivity index (χ1) is 9.15. The van der Waals surface area contributed by atoms with Crippen molar-refractivity contribution >= 4 is 16.8 Å². The summed E-state index contributed by atoms with van der Waals surface area (Å²) in [5, 5.41) is 0.808. The van der Waals surface area contributed by atoms with Crippen molar-refractivity contribution in [3.8, 4) is 11.5 Å². The Kier molecular flexibility index (Phi) is 4.10. The fraction of sp³-hybridized carbons (Fsp3) is 0.400. The Labute approximate surface area is 112 Å². The first-order valence-corrected chi connectivity index (χ1v) is 6.41. The predicted octanol–water partition coefficient (Wildman–Crippen LogP) is 3.82. The Balaban J connectivity index is 2.43. The molecule has 0 aliphatic heterocycles. The molecule has 0 saturated heterocycles. The molecule has 0 fully saturated rings. The molecule has 0 aliphatic rings. The fourth-order valence-corrected chi connectivity index (χ4v) is 1.82. The summed E-state index contributed by atoms with van der Waals surface area (Å²) in [5.41, 5.74) is 0.607. The second-order valence-electron chi connectivity index (χ2n) is 4.41. The summed E-state index contributed by atoms with van der Waals surface area (Å²) in [7, 11) is 1.59. The van der Waals surface area contributed by atoms with Crippen LogP contribution in [-0.2, 0) is 0 Å². The summed E-state index contributed by atoms with van der Waals surface area (Å²) < 4.78 is 16.5. The number of fused-ring (bicyclic) bond motifs is 1. The van der Waals surface area contributed by atoms with Crippen LogP contribution in [-0.4, -0.2) is 19.5 Å².